The molecule has 1 unspecified atom stereocenters. The number of rotatable bonds is 5. The van der Waals surface area contributed by atoms with E-state index in [4.69, 9.17) is 10.5 Å². The summed E-state index contributed by atoms with van der Waals surface area (Å²) in [5, 5.41) is 4.25. The molecule has 0 amide bonds. The molecule has 0 spiro atoms. The summed E-state index contributed by atoms with van der Waals surface area (Å²) in [5.41, 5.74) is 9.98. The van der Waals surface area contributed by atoms with Crippen molar-refractivity contribution in [3.63, 3.8) is 0 Å². The summed E-state index contributed by atoms with van der Waals surface area (Å²) in [5.74, 6) is 0.932. The van der Waals surface area contributed by atoms with Crippen molar-refractivity contribution in [1.29, 1.82) is 0 Å². The van der Waals surface area contributed by atoms with Crippen LogP contribution in [0.25, 0.3) is 0 Å². The highest BCUT2D eigenvalue weighted by atomic mass is 32.1. The lowest BCUT2D eigenvalue weighted by atomic mass is 9.99. The predicted octanol–water partition coefficient (Wildman–Crippen LogP) is 3.18. The molecule has 0 aliphatic heterocycles. The van der Waals surface area contributed by atoms with Crippen molar-refractivity contribution in [3.05, 3.63) is 51.7 Å². The Morgan fingerprint density at radius 2 is 2.11 bits per heavy atom. The molecule has 1 heterocycles. The van der Waals surface area contributed by atoms with Crippen molar-refractivity contribution in [2.45, 2.75) is 25.8 Å². The summed E-state index contributed by atoms with van der Waals surface area (Å²) in [6.45, 7) is 2.09. The standard InChI is InChI=1S/C15H19NOS/c1-11-3-4-15(17-2)13(7-11)9-14(16)8-12-5-6-18-10-12/h3-7,10,14H,8-9,16H2,1-2H3. The third kappa shape index (κ3) is 3.34. The van der Waals surface area contributed by atoms with E-state index in [0.29, 0.717) is 0 Å². The van der Waals surface area contributed by atoms with Gasteiger partial charge in [0.2, 0.25) is 0 Å². The molecule has 0 aliphatic rings. The fourth-order valence-corrected chi connectivity index (χ4v) is 2.81. The van der Waals surface area contributed by atoms with Crippen LogP contribution < -0.4 is 10.5 Å². The minimum absolute atomic E-state index is 0.135. The first-order valence-corrected chi connectivity index (χ1v) is 7.03. The minimum Gasteiger partial charge on any atom is -0.496 e. The van der Waals surface area contributed by atoms with Crippen LogP contribution in [0.15, 0.2) is 35.0 Å². The van der Waals surface area contributed by atoms with Gasteiger partial charge in [0.05, 0.1) is 7.11 Å². The molecule has 2 rings (SSSR count). The fourth-order valence-electron chi connectivity index (χ4n) is 2.13. The van der Waals surface area contributed by atoms with E-state index in [1.807, 2.05) is 6.07 Å². The number of aryl methyl sites for hydroxylation is 1. The van der Waals surface area contributed by atoms with Gasteiger partial charge in [0.15, 0.2) is 0 Å². The van der Waals surface area contributed by atoms with Crippen molar-refractivity contribution >= 4 is 11.3 Å². The summed E-state index contributed by atoms with van der Waals surface area (Å²) in [4.78, 5) is 0. The van der Waals surface area contributed by atoms with Gasteiger partial charge in [-0.25, -0.2) is 0 Å². The summed E-state index contributed by atoms with van der Waals surface area (Å²) < 4.78 is 5.38. The van der Waals surface area contributed by atoms with E-state index in [1.165, 1.54) is 16.7 Å². The van der Waals surface area contributed by atoms with Crippen LogP contribution in [0.3, 0.4) is 0 Å². The SMILES string of the molecule is COc1ccc(C)cc1CC(N)Cc1ccsc1. The molecule has 0 fully saturated rings. The fraction of sp³-hybridized carbons (Fsp3) is 0.333. The van der Waals surface area contributed by atoms with Crippen LogP contribution in [-0.4, -0.2) is 13.2 Å². The lowest BCUT2D eigenvalue weighted by molar-refractivity contribution is 0.407. The van der Waals surface area contributed by atoms with Crippen molar-refractivity contribution in [2.24, 2.45) is 5.73 Å². The molecule has 2 aromatic rings. The highest BCUT2D eigenvalue weighted by Crippen LogP contribution is 2.21. The molecule has 1 atom stereocenters. The Hall–Kier alpha value is -1.32. The highest BCUT2D eigenvalue weighted by molar-refractivity contribution is 7.07. The van der Waals surface area contributed by atoms with E-state index < -0.39 is 0 Å². The summed E-state index contributed by atoms with van der Waals surface area (Å²) in [6.07, 6.45) is 1.77. The molecule has 0 saturated carbocycles. The maximum Gasteiger partial charge on any atom is 0.122 e. The second-order valence-corrected chi connectivity index (χ2v) is 5.40. The Bertz CT molecular complexity index is 493. The van der Waals surface area contributed by atoms with Gasteiger partial charge >= 0.3 is 0 Å². The number of hydrogen-bond acceptors (Lipinski definition) is 3. The van der Waals surface area contributed by atoms with Gasteiger partial charge in [-0.15, -0.1) is 0 Å². The Kier molecular flexibility index (Phi) is 4.39. The summed E-state index contributed by atoms with van der Waals surface area (Å²) in [6, 6.07) is 8.51. The maximum absolute atomic E-state index is 6.22. The summed E-state index contributed by atoms with van der Waals surface area (Å²) in [7, 11) is 1.71. The number of hydrogen-bond donors (Lipinski definition) is 1. The van der Waals surface area contributed by atoms with Crippen LogP contribution in [0.5, 0.6) is 5.75 Å². The largest absolute Gasteiger partial charge is 0.496 e. The second kappa shape index (κ2) is 6.03. The number of nitrogens with two attached hydrogens (primary N) is 1. The molecular weight excluding hydrogens is 242 g/mol. The molecule has 1 aromatic carbocycles. The number of benzene rings is 1. The molecular formula is C15H19NOS. The minimum atomic E-state index is 0.135. The zero-order valence-corrected chi connectivity index (χ0v) is 11.7. The van der Waals surface area contributed by atoms with E-state index in [2.05, 4.69) is 35.9 Å². The normalized spacial score (nSPS) is 12.4. The lowest BCUT2D eigenvalue weighted by Gasteiger charge is -2.14. The zero-order chi connectivity index (χ0) is 13.0. The monoisotopic (exact) mass is 261 g/mol. The van der Waals surface area contributed by atoms with Crippen LogP contribution in [0, 0.1) is 6.92 Å². The Labute approximate surface area is 112 Å². The third-order valence-corrected chi connectivity index (χ3v) is 3.73. The molecule has 0 saturated heterocycles. The van der Waals surface area contributed by atoms with Crippen molar-refractivity contribution in [3.8, 4) is 5.75 Å². The van der Waals surface area contributed by atoms with E-state index in [-0.39, 0.29) is 6.04 Å². The molecule has 96 valence electrons. The lowest BCUT2D eigenvalue weighted by Crippen LogP contribution is -2.25. The number of ether oxygens (including phenoxy) is 1. The quantitative estimate of drug-likeness (QED) is 0.897. The third-order valence-electron chi connectivity index (χ3n) is 3.00. The predicted molar refractivity (Wildman–Crippen MR) is 77.4 cm³/mol. The number of methoxy groups -OCH3 is 1. The molecule has 0 bridgehead atoms. The molecule has 1 aromatic heterocycles. The maximum atomic E-state index is 6.22. The topological polar surface area (TPSA) is 35.2 Å². The van der Waals surface area contributed by atoms with Gasteiger partial charge in [0.25, 0.3) is 0 Å². The van der Waals surface area contributed by atoms with Crippen LogP contribution in [0.2, 0.25) is 0 Å². The van der Waals surface area contributed by atoms with Gasteiger partial charge in [-0.3, -0.25) is 0 Å². The van der Waals surface area contributed by atoms with Crippen LogP contribution in [0.4, 0.5) is 0 Å². The summed E-state index contributed by atoms with van der Waals surface area (Å²) >= 11 is 1.72. The van der Waals surface area contributed by atoms with Gasteiger partial charge in [-0.05, 0) is 53.8 Å². The van der Waals surface area contributed by atoms with Gasteiger partial charge in [-0.2, -0.15) is 11.3 Å². The molecule has 0 aliphatic carbocycles. The highest BCUT2D eigenvalue weighted by Gasteiger charge is 2.10. The van der Waals surface area contributed by atoms with Crippen molar-refractivity contribution in [2.75, 3.05) is 7.11 Å². The van der Waals surface area contributed by atoms with Crippen LogP contribution in [0.1, 0.15) is 16.7 Å². The Morgan fingerprint density at radius 3 is 2.78 bits per heavy atom. The smallest absolute Gasteiger partial charge is 0.122 e. The van der Waals surface area contributed by atoms with Gasteiger partial charge < -0.3 is 10.5 Å². The molecule has 0 radical (unpaired) electrons. The van der Waals surface area contributed by atoms with Crippen LogP contribution in [-0.2, 0) is 12.8 Å². The van der Waals surface area contributed by atoms with Crippen molar-refractivity contribution < 1.29 is 4.74 Å². The van der Waals surface area contributed by atoms with Gasteiger partial charge in [0.1, 0.15) is 5.75 Å². The zero-order valence-electron chi connectivity index (χ0n) is 10.8. The second-order valence-electron chi connectivity index (χ2n) is 4.62. The molecule has 3 heteroatoms. The van der Waals surface area contributed by atoms with E-state index >= 15 is 0 Å². The first-order chi connectivity index (χ1) is 8.69. The van der Waals surface area contributed by atoms with E-state index in [9.17, 15) is 0 Å². The van der Waals surface area contributed by atoms with Gasteiger partial charge in [0, 0.05) is 6.04 Å². The number of thiophene rings is 1. The molecule has 18 heavy (non-hydrogen) atoms. The first kappa shape index (κ1) is 13.1. The molecule has 2 N–H and O–H groups in total. The molecule has 2 nitrogen and oxygen atoms in total. The average molecular weight is 261 g/mol. The van der Waals surface area contributed by atoms with Gasteiger partial charge in [-0.1, -0.05) is 17.7 Å². The van der Waals surface area contributed by atoms with Crippen molar-refractivity contribution in [1.82, 2.24) is 0 Å². The van der Waals surface area contributed by atoms with E-state index in [1.54, 1.807) is 18.4 Å². The Balaban J connectivity index is 2.06. The average Bonchev–Trinajstić information content (AvgIpc) is 2.82. The Morgan fingerprint density at radius 1 is 1.28 bits per heavy atom. The van der Waals surface area contributed by atoms with Crippen LogP contribution >= 0.6 is 11.3 Å². The van der Waals surface area contributed by atoms with E-state index in [0.717, 1.165) is 18.6 Å². The first-order valence-electron chi connectivity index (χ1n) is 6.09.